The van der Waals surface area contributed by atoms with E-state index >= 15 is 0 Å². The highest BCUT2D eigenvalue weighted by molar-refractivity contribution is 7.26. The molecular formula is C94H84BN3Si. The van der Waals surface area contributed by atoms with Crippen LogP contribution >= 0.6 is 0 Å². The van der Waals surface area contributed by atoms with E-state index in [1.165, 1.54) is 137 Å². The van der Waals surface area contributed by atoms with Crippen molar-refractivity contribution >= 4 is 113 Å². The van der Waals surface area contributed by atoms with Gasteiger partial charge in [-0.05, 0) is 165 Å². The Hall–Kier alpha value is -10.5. The second-order valence-corrected chi connectivity index (χ2v) is 35.9. The lowest BCUT2D eigenvalue weighted by Crippen LogP contribution is -2.87. The highest BCUT2D eigenvalue weighted by atomic mass is 28.3. The van der Waals surface area contributed by atoms with Crippen LogP contribution in [-0.4, -0.2) is 23.9 Å². The monoisotopic (exact) mass is 1290 g/mol. The fourth-order valence-corrected chi connectivity index (χ4v) is 22.0. The Balaban J connectivity index is 1.08. The predicted octanol–water partition coefficient (Wildman–Crippen LogP) is 20.1. The third-order valence-corrected chi connectivity index (χ3v) is 26.7. The summed E-state index contributed by atoms with van der Waals surface area (Å²) in [6, 6.07) is 113. The topological polar surface area (TPSA) is 13.1 Å². The van der Waals surface area contributed by atoms with Gasteiger partial charge in [0.1, 0.15) is 0 Å². The van der Waals surface area contributed by atoms with Gasteiger partial charge in [0.2, 0.25) is 6.71 Å². The van der Waals surface area contributed by atoms with Gasteiger partial charge in [0, 0.05) is 55.4 Å². The zero-order valence-electron chi connectivity index (χ0n) is 59.1. The van der Waals surface area contributed by atoms with Crippen molar-refractivity contribution in [2.75, 3.05) is 4.90 Å². The van der Waals surface area contributed by atoms with Crippen LogP contribution < -0.4 is 42.0 Å². The largest absolute Gasteiger partial charge is 0.310 e. The second kappa shape index (κ2) is 22.8. The van der Waals surface area contributed by atoms with Crippen LogP contribution in [0.3, 0.4) is 0 Å². The number of nitrogens with zero attached hydrogens (tertiary/aromatic N) is 3. The molecular weight excluding hydrogens is 1210 g/mol. The number of aromatic nitrogens is 2. The minimum absolute atomic E-state index is 0.0420. The van der Waals surface area contributed by atoms with Gasteiger partial charge in [0.25, 0.3) is 0 Å². The summed E-state index contributed by atoms with van der Waals surface area (Å²) in [6.07, 6.45) is 0. The molecule has 2 aliphatic heterocycles. The summed E-state index contributed by atoms with van der Waals surface area (Å²) in [6.45, 7) is 28.0. The van der Waals surface area contributed by atoms with Gasteiger partial charge in [0.05, 0.1) is 27.8 Å². The van der Waals surface area contributed by atoms with Crippen LogP contribution in [0.15, 0.2) is 291 Å². The first-order valence-electron chi connectivity index (χ1n) is 35.5. The molecule has 0 atom stereocenters. The summed E-state index contributed by atoms with van der Waals surface area (Å²) < 4.78 is 5.18. The summed E-state index contributed by atoms with van der Waals surface area (Å²) >= 11 is 0. The van der Waals surface area contributed by atoms with Gasteiger partial charge >= 0.3 is 0 Å². The number of benzene rings is 13. The summed E-state index contributed by atoms with van der Waals surface area (Å²) in [5.41, 5.74) is 26.8. The fraction of sp³-hybridized carbons (Fsp3) is 0.170. The van der Waals surface area contributed by atoms with E-state index in [9.17, 15) is 0 Å². The van der Waals surface area contributed by atoms with E-state index in [1.54, 1.807) is 0 Å². The van der Waals surface area contributed by atoms with E-state index < -0.39 is 8.07 Å². The van der Waals surface area contributed by atoms with Crippen molar-refractivity contribution in [2.24, 2.45) is 0 Å². The van der Waals surface area contributed by atoms with Gasteiger partial charge in [-0.2, -0.15) is 0 Å². The molecule has 0 radical (unpaired) electrons. The Labute approximate surface area is 585 Å². The van der Waals surface area contributed by atoms with Gasteiger partial charge in [-0.3, -0.25) is 0 Å². The molecule has 0 spiro atoms. The standard InChI is InChI=1S/C94H84BN3Si/c1-91(2,3)65-45-50-83-77(56-65)78-57-66(92(4,5)6)46-51-84(78)96(83)69-47-48-79-87(59-69)99(71-34-21-15-22-35-71,72-36-23-16-24-37-72)88-60-70(97-81-42-27-25-38-75(81)76-39-26-28-43-82(76)97)58-86-89(88)95(79)80-54-63(64-52-67(93(7,8)9)55-68(53-64)94(10,11)12)44-49-85(80)98(86)90-73(61-30-17-13-18-31-61)40-29-41-74(90)62-32-19-14-20-33-62/h13-60H,1-12H3. The number of anilines is 3. The van der Waals surface area contributed by atoms with Crippen LogP contribution in [0.4, 0.5) is 17.1 Å². The predicted molar refractivity (Wildman–Crippen MR) is 429 cm³/mol. The molecule has 0 unspecified atom stereocenters. The average molecular weight is 1290 g/mol. The van der Waals surface area contributed by atoms with E-state index in [0.717, 1.165) is 28.2 Å². The molecule has 99 heavy (non-hydrogen) atoms. The van der Waals surface area contributed by atoms with Crippen molar-refractivity contribution in [3.05, 3.63) is 313 Å². The molecule has 0 amide bonds. The first-order valence-corrected chi connectivity index (χ1v) is 37.5. The molecule has 15 aromatic rings. The highest BCUT2D eigenvalue weighted by Crippen LogP contribution is 2.49. The molecule has 0 bridgehead atoms. The van der Waals surface area contributed by atoms with Gasteiger partial charge in [-0.25, -0.2) is 0 Å². The van der Waals surface area contributed by atoms with Crippen molar-refractivity contribution in [3.63, 3.8) is 0 Å². The lowest BCUT2D eigenvalue weighted by molar-refractivity contribution is 0.569. The first-order chi connectivity index (χ1) is 47.6. The van der Waals surface area contributed by atoms with E-state index in [4.69, 9.17) is 0 Å². The van der Waals surface area contributed by atoms with Crippen molar-refractivity contribution in [3.8, 4) is 44.8 Å². The zero-order valence-corrected chi connectivity index (χ0v) is 60.1. The van der Waals surface area contributed by atoms with E-state index in [2.05, 4.69) is 388 Å². The summed E-state index contributed by atoms with van der Waals surface area (Å²) in [5, 5.41) is 10.5. The van der Waals surface area contributed by atoms with Gasteiger partial charge in [-0.15, -0.1) is 0 Å². The van der Waals surface area contributed by atoms with Crippen LogP contribution in [0.2, 0.25) is 0 Å². The molecule has 2 aliphatic rings. The van der Waals surface area contributed by atoms with Gasteiger partial charge in [-0.1, -0.05) is 313 Å². The average Bonchev–Trinajstić information content (AvgIpc) is 1.49. The Bertz CT molecular complexity index is 5460. The molecule has 0 aliphatic carbocycles. The smallest absolute Gasteiger partial charge is 0.246 e. The summed E-state index contributed by atoms with van der Waals surface area (Å²) in [5.74, 6) is 0. The molecule has 3 nitrogen and oxygen atoms in total. The van der Waals surface area contributed by atoms with Crippen LogP contribution in [0.1, 0.15) is 105 Å². The Morgan fingerprint density at radius 1 is 0.283 bits per heavy atom. The lowest BCUT2D eigenvalue weighted by atomic mass is 9.34. The zero-order chi connectivity index (χ0) is 68.1. The molecule has 0 saturated carbocycles. The fourth-order valence-electron chi connectivity index (χ4n) is 16.7. The third-order valence-electron chi connectivity index (χ3n) is 21.8. The molecule has 0 fully saturated rings. The molecule has 5 heteroatoms. The maximum Gasteiger partial charge on any atom is 0.246 e. The van der Waals surface area contributed by atoms with Crippen molar-refractivity contribution < 1.29 is 0 Å². The van der Waals surface area contributed by atoms with Crippen LogP contribution in [0, 0.1) is 0 Å². The van der Waals surface area contributed by atoms with Gasteiger partial charge in [0.15, 0.2) is 8.07 Å². The number of rotatable bonds is 8. The normalized spacial score (nSPS) is 13.7. The van der Waals surface area contributed by atoms with E-state index in [-0.39, 0.29) is 28.4 Å². The molecule has 0 N–H and O–H groups in total. The number of fused-ring (bicyclic) bond motifs is 10. The quantitative estimate of drug-likeness (QED) is 0.138. The number of hydrogen-bond donors (Lipinski definition) is 0. The maximum atomic E-state index is 2.73. The molecule has 13 aromatic carbocycles. The van der Waals surface area contributed by atoms with Crippen molar-refractivity contribution in [1.82, 2.24) is 9.13 Å². The molecule has 2 aromatic heterocycles. The molecule has 0 saturated heterocycles. The first kappa shape index (κ1) is 62.1. The number of hydrogen-bond acceptors (Lipinski definition) is 1. The van der Waals surface area contributed by atoms with Crippen molar-refractivity contribution in [2.45, 2.75) is 105 Å². The SMILES string of the molecule is CC(C)(C)c1cc(-c2ccc3c(c2)B2c4ccc(-n5c6ccc(C(C)(C)C)cc6c6cc(C(C)(C)C)ccc65)cc4[Si](c4ccccc4)(c4ccccc4)c4cc(-n5c6ccccc6c6ccccc65)cc(c42)N3c2c(-c3ccccc3)cccc2-c2ccccc2)cc(C(C)(C)C)c1. The minimum Gasteiger partial charge on any atom is -0.310 e. The molecule has 4 heterocycles. The van der Waals surface area contributed by atoms with Crippen LogP contribution in [0.5, 0.6) is 0 Å². The Morgan fingerprint density at radius 2 is 0.737 bits per heavy atom. The lowest BCUT2D eigenvalue weighted by Gasteiger charge is -2.48. The minimum atomic E-state index is -3.55. The Morgan fingerprint density at radius 3 is 1.24 bits per heavy atom. The molecule has 482 valence electrons. The summed E-state index contributed by atoms with van der Waals surface area (Å²) in [7, 11) is -3.55. The maximum absolute atomic E-state index is 3.55. The van der Waals surface area contributed by atoms with E-state index in [0.29, 0.717) is 0 Å². The van der Waals surface area contributed by atoms with Crippen LogP contribution in [0.25, 0.3) is 88.4 Å². The summed E-state index contributed by atoms with van der Waals surface area (Å²) in [4.78, 5) is 2.73. The second-order valence-electron chi connectivity index (χ2n) is 32.1. The van der Waals surface area contributed by atoms with Crippen LogP contribution in [-0.2, 0) is 21.7 Å². The Kier molecular flexibility index (Phi) is 14.3. The van der Waals surface area contributed by atoms with Gasteiger partial charge < -0.3 is 14.0 Å². The molecule has 17 rings (SSSR count). The highest BCUT2D eigenvalue weighted by Gasteiger charge is 2.54. The van der Waals surface area contributed by atoms with Crippen molar-refractivity contribution in [1.29, 1.82) is 0 Å². The van der Waals surface area contributed by atoms with E-state index in [1.807, 2.05) is 0 Å². The third kappa shape index (κ3) is 9.96. The number of para-hydroxylation sites is 3.